The zero-order valence-electron chi connectivity index (χ0n) is 21.0. The Bertz CT molecular complexity index is 1380. The molecule has 0 unspecified atom stereocenters. The number of ether oxygens (including phenoxy) is 1. The lowest BCUT2D eigenvalue weighted by Gasteiger charge is -2.33. The van der Waals surface area contributed by atoms with Crippen LogP contribution in [-0.2, 0) is 6.54 Å². The van der Waals surface area contributed by atoms with Crippen molar-refractivity contribution in [3.8, 4) is 5.75 Å². The molecule has 1 saturated heterocycles. The first-order valence-corrected chi connectivity index (χ1v) is 14.1. The zero-order chi connectivity index (χ0) is 25.4. The van der Waals surface area contributed by atoms with E-state index in [4.69, 9.17) is 15.5 Å². The fourth-order valence-corrected chi connectivity index (χ4v) is 6.57. The van der Waals surface area contributed by atoms with Gasteiger partial charge in [-0.05, 0) is 67.4 Å². The predicted molar refractivity (Wildman–Crippen MR) is 153 cm³/mol. The van der Waals surface area contributed by atoms with Crippen LogP contribution in [-0.4, -0.2) is 48.2 Å². The van der Waals surface area contributed by atoms with Gasteiger partial charge in [-0.15, -0.1) is 11.3 Å². The Balaban J connectivity index is 1.17. The number of nitrogens with zero attached hydrogens (tertiary/aromatic N) is 5. The maximum atomic E-state index is 6.39. The second kappa shape index (κ2) is 10.2. The SMILES string of the molecule is CN(C)c1ccc2c(c1)N(c1ccc(OC3CCN(Cc4cnc(N)s4)CC3)cc1)c1ncccc1S2. The summed E-state index contributed by atoms with van der Waals surface area (Å²) in [5, 5.41) is 0.640. The Morgan fingerprint density at radius 1 is 1.03 bits per heavy atom. The third-order valence-electron chi connectivity index (χ3n) is 6.77. The summed E-state index contributed by atoms with van der Waals surface area (Å²) in [6, 6.07) is 19.2. The maximum Gasteiger partial charge on any atom is 0.180 e. The number of piperidine rings is 1. The van der Waals surface area contributed by atoms with E-state index in [2.05, 4.69) is 82.3 Å². The molecule has 6 rings (SSSR count). The maximum absolute atomic E-state index is 6.39. The van der Waals surface area contributed by atoms with Gasteiger partial charge < -0.3 is 15.4 Å². The van der Waals surface area contributed by atoms with Crippen molar-refractivity contribution in [3.05, 3.63) is 71.9 Å². The van der Waals surface area contributed by atoms with Crippen LogP contribution in [0.2, 0.25) is 0 Å². The molecule has 2 aliphatic heterocycles. The fraction of sp³-hybridized carbons (Fsp3) is 0.286. The van der Waals surface area contributed by atoms with E-state index in [1.807, 2.05) is 18.5 Å². The van der Waals surface area contributed by atoms with Gasteiger partial charge in [-0.2, -0.15) is 0 Å². The smallest absolute Gasteiger partial charge is 0.180 e. The Hall–Kier alpha value is -3.27. The molecular weight excluding hydrogens is 500 g/mol. The molecule has 0 atom stereocenters. The molecule has 37 heavy (non-hydrogen) atoms. The Morgan fingerprint density at radius 3 is 2.57 bits per heavy atom. The molecule has 0 amide bonds. The van der Waals surface area contributed by atoms with Gasteiger partial charge >= 0.3 is 0 Å². The standard InChI is InChI=1S/C28H30N6OS2/c1-32(2)20-7-10-25-24(16-20)34(27-26(37-25)4-3-13-30-27)19-5-8-21(9-6-19)35-22-11-14-33(15-12-22)18-23-17-31-28(29)36-23/h3-10,13,16-17,22H,11-12,14-15,18H2,1-2H3,(H2,29,31). The van der Waals surface area contributed by atoms with E-state index in [-0.39, 0.29) is 6.10 Å². The van der Waals surface area contributed by atoms with Gasteiger partial charge in [0, 0.05) is 67.3 Å². The first-order chi connectivity index (χ1) is 18.0. The summed E-state index contributed by atoms with van der Waals surface area (Å²) in [6.07, 6.45) is 6.00. The van der Waals surface area contributed by atoms with Gasteiger partial charge in [0.1, 0.15) is 11.9 Å². The monoisotopic (exact) mass is 530 g/mol. The quantitative estimate of drug-likeness (QED) is 0.280. The molecule has 2 aliphatic rings. The molecule has 4 aromatic rings. The zero-order valence-corrected chi connectivity index (χ0v) is 22.6. The first kappa shape index (κ1) is 24.1. The van der Waals surface area contributed by atoms with Gasteiger partial charge in [-0.25, -0.2) is 9.97 Å². The van der Waals surface area contributed by atoms with E-state index in [0.717, 1.165) is 66.0 Å². The van der Waals surface area contributed by atoms with Gasteiger partial charge in [0.25, 0.3) is 0 Å². The minimum atomic E-state index is 0.228. The Labute approximate surface area is 225 Å². The lowest BCUT2D eigenvalue weighted by Crippen LogP contribution is -2.37. The minimum absolute atomic E-state index is 0.228. The third kappa shape index (κ3) is 5.12. The van der Waals surface area contributed by atoms with E-state index >= 15 is 0 Å². The van der Waals surface area contributed by atoms with Gasteiger partial charge in [-0.3, -0.25) is 9.80 Å². The van der Waals surface area contributed by atoms with E-state index in [1.165, 1.54) is 9.77 Å². The summed E-state index contributed by atoms with van der Waals surface area (Å²) >= 11 is 3.34. The predicted octanol–water partition coefficient (Wildman–Crippen LogP) is 6.16. The number of likely N-dealkylation sites (tertiary alicyclic amines) is 1. The molecule has 0 radical (unpaired) electrons. The van der Waals surface area contributed by atoms with Crippen molar-refractivity contribution in [2.75, 3.05) is 42.7 Å². The van der Waals surface area contributed by atoms with Crippen molar-refractivity contribution in [1.29, 1.82) is 0 Å². The number of pyridine rings is 1. The number of rotatable bonds is 6. The molecule has 190 valence electrons. The van der Waals surface area contributed by atoms with Gasteiger partial charge in [0.05, 0.1) is 10.6 Å². The van der Waals surface area contributed by atoms with Crippen molar-refractivity contribution < 1.29 is 4.74 Å². The average Bonchev–Trinajstić information content (AvgIpc) is 3.33. The number of hydrogen-bond donors (Lipinski definition) is 1. The van der Waals surface area contributed by atoms with Crippen LogP contribution in [0.4, 0.5) is 28.0 Å². The van der Waals surface area contributed by atoms with E-state index in [9.17, 15) is 0 Å². The summed E-state index contributed by atoms with van der Waals surface area (Å²) in [5.41, 5.74) is 9.15. The van der Waals surface area contributed by atoms with Crippen LogP contribution in [0, 0.1) is 0 Å². The highest BCUT2D eigenvalue weighted by molar-refractivity contribution is 7.99. The van der Waals surface area contributed by atoms with Crippen molar-refractivity contribution in [2.45, 2.75) is 35.3 Å². The van der Waals surface area contributed by atoms with Gasteiger partial charge in [0.15, 0.2) is 10.9 Å². The summed E-state index contributed by atoms with van der Waals surface area (Å²) < 4.78 is 6.39. The normalized spacial score (nSPS) is 15.8. The molecule has 2 N–H and O–H groups in total. The summed E-state index contributed by atoms with van der Waals surface area (Å²) in [6.45, 7) is 2.94. The molecule has 2 aromatic carbocycles. The highest BCUT2D eigenvalue weighted by Crippen LogP contribution is 2.51. The first-order valence-electron chi connectivity index (χ1n) is 12.5. The molecule has 1 fully saturated rings. The summed E-state index contributed by atoms with van der Waals surface area (Å²) in [5.74, 6) is 1.87. The van der Waals surface area contributed by atoms with Crippen LogP contribution in [0.1, 0.15) is 17.7 Å². The van der Waals surface area contributed by atoms with Crippen LogP contribution in [0.15, 0.2) is 76.8 Å². The number of nitrogens with two attached hydrogens (primary N) is 1. The Morgan fingerprint density at radius 2 is 1.84 bits per heavy atom. The average molecular weight is 531 g/mol. The molecule has 7 nitrogen and oxygen atoms in total. The number of fused-ring (bicyclic) bond motifs is 2. The van der Waals surface area contributed by atoms with Crippen LogP contribution >= 0.6 is 23.1 Å². The van der Waals surface area contributed by atoms with Crippen molar-refractivity contribution in [2.24, 2.45) is 0 Å². The Kier molecular flexibility index (Phi) is 6.67. The van der Waals surface area contributed by atoms with E-state index < -0.39 is 0 Å². The lowest BCUT2D eigenvalue weighted by atomic mass is 10.1. The van der Waals surface area contributed by atoms with Gasteiger partial charge in [-0.1, -0.05) is 11.8 Å². The second-order valence-corrected chi connectivity index (χ2v) is 11.8. The lowest BCUT2D eigenvalue weighted by molar-refractivity contribution is 0.0973. The number of anilines is 5. The highest BCUT2D eigenvalue weighted by atomic mass is 32.2. The van der Waals surface area contributed by atoms with Crippen LogP contribution < -0.4 is 20.3 Å². The molecular formula is C28H30N6OS2. The topological polar surface area (TPSA) is 70.8 Å². The van der Waals surface area contributed by atoms with Crippen LogP contribution in [0.3, 0.4) is 0 Å². The highest BCUT2D eigenvalue weighted by Gasteiger charge is 2.27. The van der Waals surface area contributed by atoms with Gasteiger partial charge in [0.2, 0.25) is 0 Å². The number of thiazole rings is 1. The van der Waals surface area contributed by atoms with E-state index in [1.54, 1.807) is 23.1 Å². The molecule has 4 heterocycles. The number of aromatic nitrogens is 2. The van der Waals surface area contributed by atoms with Crippen molar-refractivity contribution in [1.82, 2.24) is 14.9 Å². The fourth-order valence-electron chi connectivity index (χ4n) is 4.84. The molecule has 0 saturated carbocycles. The summed E-state index contributed by atoms with van der Waals surface area (Å²) in [4.78, 5) is 19.3. The number of hydrogen-bond acceptors (Lipinski definition) is 9. The molecule has 0 bridgehead atoms. The van der Waals surface area contributed by atoms with Crippen molar-refractivity contribution >= 4 is 51.1 Å². The molecule has 9 heteroatoms. The number of nitrogen functional groups attached to an aromatic ring is 1. The van der Waals surface area contributed by atoms with Crippen molar-refractivity contribution in [3.63, 3.8) is 0 Å². The largest absolute Gasteiger partial charge is 0.490 e. The summed E-state index contributed by atoms with van der Waals surface area (Å²) in [7, 11) is 4.14. The third-order valence-corrected chi connectivity index (χ3v) is 8.68. The second-order valence-electron chi connectivity index (χ2n) is 9.56. The van der Waals surface area contributed by atoms with Crippen LogP contribution in [0.5, 0.6) is 5.75 Å². The molecule has 0 spiro atoms. The molecule has 2 aromatic heterocycles. The van der Waals surface area contributed by atoms with Crippen LogP contribution in [0.25, 0.3) is 0 Å². The van der Waals surface area contributed by atoms with E-state index in [0.29, 0.717) is 5.13 Å². The number of benzene rings is 2. The minimum Gasteiger partial charge on any atom is -0.490 e. The molecule has 0 aliphatic carbocycles.